The van der Waals surface area contributed by atoms with E-state index in [1.54, 1.807) is 7.11 Å². The van der Waals surface area contributed by atoms with Crippen LogP contribution in [-0.2, 0) is 9.84 Å². The maximum atomic E-state index is 11.6. The van der Waals surface area contributed by atoms with Crippen molar-refractivity contribution in [2.45, 2.75) is 26.7 Å². The summed E-state index contributed by atoms with van der Waals surface area (Å²) in [5.41, 5.74) is 0.616. The molecule has 26 heavy (non-hydrogen) atoms. The number of aliphatic imine (C=N–C) groups is 1. The second-order valence-corrected chi connectivity index (χ2v) is 8.83. The first-order valence-electron chi connectivity index (χ1n) is 8.85. The lowest BCUT2D eigenvalue weighted by Gasteiger charge is -2.16. The maximum absolute atomic E-state index is 11.6. The summed E-state index contributed by atoms with van der Waals surface area (Å²) >= 11 is 0. The first-order chi connectivity index (χ1) is 12.3. The summed E-state index contributed by atoms with van der Waals surface area (Å²) in [5.74, 6) is 2.15. The lowest BCUT2D eigenvalue weighted by molar-refractivity contribution is 0.311. The molecule has 0 amide bonds. The lowest BCUT2D eigenvalue weighted by Crippen LogP contribution is -2.32. The van der Waals surface area contributed by atoms with Crippen molar-refractivity contribution in [3.63, 3.8) is 0 Å². The standard InChI is InChI=1S/C18H29N3O4S/c1-5-19-17(20-12-18(9-10-18)13-26(4,22)23)21-14-7-8-15(25-6-2)16(11-14)24-3/h7-8,11H,5-6,9-10,12-13H2,1-4H3,(H2,19,20,21). The van der Waals surface area contributed by atoms with Crippen LogP contribution in [0, 0.1) is 5.41 Å². The van der Waals surface area contributed by atoms with Gasteiger partial charge < -0.3 is 20.1 Å². The number of guanidine groups is 1. The van der Waals surface area contributed by atoms with Crippen molar-refractivity contribution >= 4 is 21.5 Å². The molecule has 8 heteroatoms. The molecule has 0 spiro atoms. The summed E-state index contributed by atoms with van der Waals surface area (Å²) in [5, 5.41) is 6.43. The van der Waals surface area contributed by atoms with Gasteiger partial charge in [-0.2, -0.15) is 0 Å². The number of sulfone groups is 1. The van der Waals surface area contributed by atoms with Crippen LogP contribution < -0.4 is 20.1 Å². The van der Waals surface area contributed by atoms with E-state index in [1.165, 1.54) is 6.26 Å². The van der Waals surface area contributed by atoms with E-state index in [4.69, 9.17) is 9.47 Å². The van der Waals surface area contributed by atoms with Crippen molar-refractivity contribution in [2.75, 3.05) is 44.1 Å². The molecule has 1 aromatic rings. The summed E-state index contributed by atoms with van der Waals surface area (Å²) in [7, 11) is -1.40. The number of anilines is 1. The first-order valence-corrected chi connectivity index (χ1v) is 10.9. The second-order valence-electron chi connectivity index (χ2n) is 6.69. The molecule has 1 saturated carbocycles. The van der Waals surface area contributed by atoms with Gasteiger partial charge in [0.05, 0.1) is 19.5 Å². The fourth-order valence-electron chi connectivity index (χ4n) is 2.79. The zero-order chi connectivity index (χ0) is 19.2. The van der Waals surface area contributed by atoms with E-state index in [-0.39, 0.29) is 11.2 Å². The number of nitrogens with zero attached hydrogens (tertiary/aromatic N) is 1. The zero-order valence-electron chi connectivity index (χ0n) is 16.0. The van der Waals surface area contributed by atoms with Crippen molar-refractivity contribution in [1.82, 2.24) is 5.32 Å². The molecule has 0 atom stereocenters. The first kappa shape index (κ1) is 20.4. The molecule has 2 rings (SSSR count). The maximum Gasteiger partial charge on any atom is 0.195 e. The molecule has 2 N–H and O–H groups in total. The van der Waals surface area contributed by atoms with Gasteiger partial charge in [-0.25, -0.2) is 8.42 Å². The minimum atomic E-state index is -3.00. The van der Waals surface area contributed by atoms with Crippen LogP contribution in [0.5, 0.6) is 11.5 Å². The van der Waals surface area contributed by atoms with Crippen LogP contribution in [0.3, 0.4) is 0 Å². The highest BCUT2D eigenvalue weighted by Gasteiger charge is 2.45. The third-order valence-corrected chi connectivity index (χ3v) is 5.31. The number of hydrogen-bond donors (Lipinski definition) is 2. The van der Waals surface area contributed by atoms with Gasteiger partial charge in [0.2, 0.25) is 0 Å². The van der Waals surface area contributed by atoms with Crippen LogP contribution in [-0.4, -0.2) is 53.2 Å². The van der Waals surface area contributed by atoms with Crippen LogP contribution in [0.2, 0.25) is 0 Å². The largest absolute Gasteiger partial charge is 0.493 e. The van der Waals surface area contributed by atoms with Gasteiger partial charge in [0.15, 0.2) is 17.5 Å². The van der Waals surface area contributed by atoms with Crippen LogP contribution in [0.4, 0.5) is 5.69 Å². The molecule has 1 fully saturated rings. The van der Waals surface area contributed by atoms with Crippen molar-refractivity contribution in [3.8, 4) is 11.5 Å². The van der Waals surface area contributed by atoms with E-state index in [0.29, 0.717) is 37.2 Å². The quantitative estimate of drug-likeness (QED) is 0.502. The molecule has 0 heterocycles. The monoisotopic (exact) mass is 383 g/mol. The number of rotatable bonds is 9. The fraction of sp³-hybridized carbons (Fsp3) is 0.611. The van der Waals surface area contributed by atoms with Crippen LogP contribution >= 0.6 is 0 Å². The predicted octanol–water partition coefficient (Wildman–Crippen LogP) is 2.30. The molecule has 0 unspecified atom stereocenters. The van der Waals surface area contributed by atoms with Gasteiger partial charge in [0, 0.05) is 36.5 Å². The zero-order valence-corrected chi connectivity index (χ0v) is 16.8. The SMILES string of the molecule is CCNC(=NCC1(CS(C)(=O)=O)CC1)Nc1ccc(OCC)c(OC)c1. The molecule has 0 saturated heterocycles. The average molecular weight is 384 g/mol. The summed E-state index contributed by atoms with van der Waals surface area (Å²) in [6.07, 6.45) is 3.09. The van der Waals surface area contributed by atoms with Gasteiger partial charge in [-0.1, -0.05) is 0 Å². The Labute approximate surface area is 156 Å². The summed E-state index contributed by atoms with van der Waals surface area (Å²) in [6.45, 7) is 5.67. The van der Waals surface area contributed by atoms with E-state index in [1.807, 2.05) is 32.0 Å². The molecular formula is C18H29N3O4S. The Morgan fingerprint density at radius 2 is 2.00 bits per heavy atom. The minimum absolute atomic E-state index is 0.194. The van der Waals surface area contributed by atoms with E-state index in [9.17, 15) is 8.42 Å². The van der Waals surface area contributed by atoms with Gasteiger partial charge in [-0.3, -0.25) is 4.99 Å². The number of ether oxygens (including phenoxy) is 2. The average Bonchev–Trinajstić information content (AvgIpc) is 3.32. The number of hydrogen-bond acceptors (Lipinski definition) is 5. The fourth-order valence-corrected chi connectivity index (χ4v) is 4.28. The number of nitrogens with one attached hydrogen (secondary N) is 2. The summed E-state index contributed by atoms with van der Waals surface area (Å²) in [4.78, 5) is 4.60. The van der Waals surface area contributed by atoms with E-state index in [2.05, 4.69) is 15.6 Å². The molecule has 0 aromatic heterocycles. The molecule has 0 radical (unpaired) electrons. The molecule has 1 aromatic carbocycles. The Kier molecular flexibility index (Phi) is 6.75. The highest BCUT2D eigenvalue weighted by Crippen LogP contribution is 2.46. The molecule has 0 aliphatic heterocycles. The van der Waals surface area contributed by atoms with E-state index >= 15 is 0 Å². The minimum Gasteiger partial charge on any atom is -0.493 e. The number of benzene rings is 1. The Hall–Kier alpha value is -1.96. The summed E-state index contributed by atoms with van der Waals surface area (Å²) < 4.78 is 34.1. The summed E-state index contributed by atoms with van der Waals surface area (Å²) in [6, 6.07) is 5.59. The predicted molar refractivity (Wildman–Crippen MR) is 105 cm³/mol. The van der Waals surface area contributed by atoms with Crippen molar-refractivity contribution in [3.05, 3.63) is 18.2 Å². The Morgan fingerprint density at radius 3 is 2.54 bits per heavy atom. The number of methoxy groups -OCH3 is 1. The van der Waals surface area contributed by atoms with Crippen molar-refractivity contribution < 1.29 is 17.9 Å². The Bertz CT molecular complexity index is 743. The topological polar surface area (TPSA) is 89.0 Å². The van der Waals surface area contributed by atoms with Gasteiger partial charge in [0.1, 0.15) is 9.84 Å². The lowest BCUT2D eigenvalue weighted by atomic mass is 10.1. The van der Waals surface area contributed by atoms with Crippen molar-refractivity contribution in [2.24, 2.45) is 10.4 Å². The molecule has 7 nitrogen and oxygen atoms in total. The van der Waals surface area contributed by atoms with E-state index < -0.39 is 9.84 Å². The third-order valence-electron chi connectivity index (χ3n) is 4.17. The molecule has 146 valence electrons. The van der Waals surface area contributed by atoms with Gasteiger partial charge in [-0.05, 0) is 38.8 Å². The molecule has 1 aliphatic carbocycles. The van der Waals surface area contributed by atoms with Gasteiger partial charge in [-0.15, -0.1) is 0 Å². The van der Waals surface area contributed by atoms with E-state index in [0.717, 1.165) is 18.5 Å². The van der Waals surface area contributed by atoms with Crippen molar-refractivity contribution in [1.29, 1.82) is 0 Å². The second kappa shape index (κ2) is 8.62. The molecular weight excluding hydrogens is 354 g/mol. The smallest absolute Gasteiger partial charge is 0.195 e. The highest BCUT2D eigenvalue weighted by atomic mass is 32.2. The molecule has 1 aliphatic rings. The van der Waals surface area contributed by atoms with Gasteiger partial charge >= 0.3 is 0 Å². The third kappa shape index (κ3) is 6.09. The van der Waals surface area contributed by atoms with Crippen LogP contribution in [0.1, 0.15) is 26.7 Å². The Morgan fingerprint density at radius 1 is 1.27 bits per heavy atom. The normalized spacial score (nSPS) is 16.1. The van der Waals surface area contributed by atoms with Gasteiger partial charge in [0.25, 0.3) is 0 Å². The molecule has 0 bridgehead atoms. The Balaban J connectivity index is 2.10. The van der Waals surface area contributed by atoms with Crippen LogP contribution in [0.15, 0.2) is 23.2 Å². The highest BCUT2D eigenvalue weighted by molar-refractivity contribution is 7.90. The van der Waals surface area contributed by atoms with Crippen LogP contribution in [0.25, 0.3) is 0 Å².